The number of carbonyl (C=O) groups is 1. The average molecular weight is 471 g/mol. The summed E-state index contributed by atoms with van der Waals surface area (Å²) in [4.78, 5) is 16.9. The number of hydrazone groups is 1. The van der Waals surface area contributed by atoms with E-state index in [9.17, 15) is 4.79 Å². The van der Waals surface area contributed by atoms with E-state index in [1.54, 1.807) is 43.4 Å². The van der Waals surface area contributed by atoms with Crippen LogP contribution < -0.4 is 10.2 Å². The fourth-order valence-corrected chi connectivity index (χ4v) is 4.48. The highest BCUT2D eigenvalue weighted by Gasteiger charge is 2.08. The monoisotopic (exact) mass is 470 g/mol. The number of nitrogens with one attached hydrogen (secondary N) is 1. The topological polar surface area (TPSA) is 68.5 Å². The molecule has 7 heteroatoms. The number of benzene rings is 2. The Morgan fingerprint density at radius 1 is 1.06 bits per heavy atom. The Hall–Kier alpha value is -3.84. The number of hydrogen-bond donors (Lipinski definition) is 1. The molecule has 2 aromatic heterocycles. The van der Waals surface area contributed by atoms with E-state index in [0.717, 1.165) is 39.0 Å². The van der Waals surface area contributed by atoms with Crippen LogP contribution in [0.3, 0.4) is 0 Å². The van der Waals surface area contributed by atoms with Crippen LogP contribution in [0.1, 0.15) is 32.9 Å². The van der Waals surface area contributed by atoms with E-state index in [-0.39, 0.29) is 5.91 Å². The van der Waals surface area contributed by atoms with Gasteiger partial charge in [-0.3, -0.25) is 4.79 Å². The second kappa shape index (κ2) is 10.9. The molecule has 0 aliphatic rings. The third-order valence-electron chi connectivity index (χ3n) is 5.36. The number of nitrogens with zero attached hydrogens (tertiary/aromatic N) is 3. The van der Waals surface area contributed by atoms with Crippen LogP contribution >= 0.6 is 11.8 Å². The fraction of sp³-hybridized carbons (Fsp3) is 0.148. The van der Waals surface area contributed by atoms with Crippen LogP contribution in [0.5, 0.6) is 5.75 Å². The van der Waals surface area contributed by atoms with E-state index in [2.05, 4.69) is 46.1 Å². The molecule has 0 fully saturated rings. The molecule has 4 aromatic rings. The van der Waals surface area contributed by atoms with E-state index in [0.29, 0.717) is 11.3 Å². The molecule has 0 radical (unpaired) electrons. The Kier molecular flexibility index (Phi) is 7.44. The van der Waals surface area contributed by atoms with Crippen molar-refractivity contribution in [2.45, 2.75) is 24.6 Å². The van der Waals surface area contributed by atoms with E-state index in [4.69, 9.17) is 4.74 Å². The molecule has 0 saturated carbocycles. The zero-order valence-corrected chi connectivity index (χ0v) is 20.2. The van der Waals surface area contributed by atoms with E-state index in [1.165, 1.54) is 0 Å². The number of pyridine rings is 1. The summed E-state index contributed by atoms with van der Waals surface area (Å²) < 4.78 is 7.64. The van der Waals surface area contributed by atoms with Gasteiger partial charge < -0.3 is 9.30 Å². The maximum Gasteiger partial charge on any atom is 0.271 e. The molecule has 0 atom stereocenters. The molecule has 2 aromatic carbocycles. The number of aromatic nitrogens is 2. The van der Waals surface area contributed by atoms with Crippen molar-refractivity contribution in [1.82, 2.24) is 15.0 Å². The first-order chi connectivity index (χ1) is 16.5. The minimum absolute atomic E-state index is 0.261. The molecule has 0 bridgehead atoms. The van der Waals surface area contributed by atoms with E-state index in [1.807, 2.05) is 48.5 Å². The van der Waals surface area contributed by atoms with Crippen molar-refractivity contribution >= 4 is 23.9 Å². The van der Waals surface area contributed by atoms with Gasteiger partial charge in [0.05, 0.1) is 18.4 Å². The zero-order valence-electron chi connectivity index (χ0n) is 19.4. The second-order valence-electron chi connectivity index (χ2n) is 7.73. The van der Waals surface area contributed by atoms with Crippen molar-refractivity contribution in [2.24, 2.45) is 5.10 Å². The number of amides is 1. The summed E-state index contributed by atoms with van der Waals surface area (Å²) in [6.07, 6.45) is 3.41. The summed E-state index contributed by atoms with van der Waals surface area (Å²) in [5.74, 6) is 1.25. The zero-order chi connectivity index (χ0) is 23.9. The van der Waals surface area contributed by atoms with Crippen LogP contribution in [-0.4, -0.2) is 28.8 Å². The third-order valence-corrected chi connectivity index (χ3v) is 6.35. The number of rotatable bonds is 8. The van der Waals surface area contributed by atoms with Crippen molar-refractivity contribution in [2.75, 3.05) is 7.11 Å². The summed E-state index contributed by atoms with van der Waals surface area (Å²) in [6, 6.07) is 23.3. The van der Waals surface area contributed by atoms with Crippen molar-refractivity contribution < 1.29 is 9.53 Å². The quantitative estimate of drug-likeness (QED) is 0.208. The second-order valence-corrected chi connectivity index (χ2v) is 8.72. The Morgan fingerprint density at radius 3 is 2.50 bits per heavy atom. The Morgan fingerprint density at radius 2 is 1.82 bits per heavy atom. The summed E-state index contributed by atoms with van der Waals surface area (Å²) in [6.45, 7) is 4.12. The number of ether oxygens (including phenoxy) is 1. The molecule has 172 valence electrons. The van der Waals surface area contributed by atoms with Crippen molar-refractivity contribution in [3.05, 3.63) is 107 Å². The molecule has 6 nitrogen and oxygen atoms in total. The summed E-state index contributed by atoms with van der Waals surface area (Å²) in [5.41, 5.74) is 8.37. The van der Waals surface area contributed by atoms with Crippen LogP contribution in [0, 0.1) is 13.8 Å². The van der Waals surface area contributed by atoms with Gasteiger partial charge in [-0.1, -0.05) is 6.07 Å². The number of aryl methyl sites for hydroxylation is 2. The maximum atomic E-state index is 12.5. The lowest BCUT2D eigenvalue weighted by Gasteiger charge is -2.10. The molecular weight excluding hydrogens is 444 g/mol. The highest BCUT2D eigenvalue weighted by molar-refractivity contribution is 7.98. The highest BCUT2D eigenvalue weighted by Crippen LogP contribution is 2.27. The van der Waals surface area contributed by atoms with Crippen molar-refractivity contribution in [1.29, 1.82) is 0 Å². The SMILES string of the molecule is COc1ccc(C=NNC(=O)c2ccc(-n3c(C)ccc3C)cc2)cc1CSc1ccccn1. The lowest BCUT2D eigenvalue weighted by Crippen LogP contribution is -2.17. The predicted molar refractivity (Wildman–Crippen MR) is 137 cm³/mol. The number of thioether (sulfide) groups is 1. The van der Waals surface area contributed by atoms with Gasteiger partial charge in [0.15, 0.2) is 0 Å². The fourth-order valence-electron chi connectivity index (χ4n) is 3.64. The van der Waals surface area contributed by atoms with Gasteiger partial charge in [0.25, 0.3) is 5.91 Å². The first-order valence-corrected chi connectivity index (χ1v) is 11.8. The van der Waals surface area contributed by atoms with E-state index >= 15 is 0 Å². The van der Waals surface area contributed by atoms with Crippen molar-refractivity contribution in [3.63, 3.8) is 0 Å². The van der Waals surface area contributed by atoms with Gasteiger partial charge in [-0.2, -0.15) is 5.10 Å². The van der Waals surface area contributed by atoms with Gasteiger partial charge in [0.2, 0.25) is 0 Å². The molecule has 0 aliphatic heterocycles. The lowest BCUT2D eigenvalue weighted by molar-refractivity contribution is 0.0955. The highest BCUT2D eigenvalue weighted by atomic mass is 32.2. The molecule has 2 heterocycles. The standard InChI is InChI=1S/C27H26N4O2S/c1-19-7-8-20(2)31(19)24-12-10-22(11-13-24)27(32)30-29-17-21-9-14-25(33-3)23(16-21)18-34-26-6-4-5-15-28-26/h4-17H,18H2,1-3H3,(H,30,32). The normalized spacial score (nSPS) is 11.0. The van der Waals surface area contributed by atoms with Crippen LogP contribution in [0.25, 0.3) is 5.69 Å². The van der Waals surface area contributed by atoms with Gasteiger partial charge in [0, 0.05) is 40.2 Å². The van der Waals surface area contributed by atoms with E-state index < -0.39 is 0 Å². The molecule has 4 rings (SSSR count). The van der Waals surface area contributed by atoms with Gasteiger partial charge in [0.1, 0.15) is 5.75 Å². The lowest BCUT2D eigenvalue weighted by atomic mass is 10.1. The molecule has 0 spiro atoms. The van der Waals surface area contributed by atoms with Crippen LogP contribution in [-0.2, 0) is 5.75 Å². The minimum Gasteiger partial charge on any atom is -0.496 e. The predicted octanol–water partition coefficient (Wildman–Crippen LogP) is 5.55. The largest absolute Gasteiger partial charge is 0.496 e. The minimum atomic E-state index is -0.261. The van der Waals surface area contributed by atoms with Crippen LogP contribution in [0.2, 0.25) is 0 Å². The first kappa shape index (κ1) is 23.3. The summed E-state index contributed by atoms with van der Waals surface area (Å²) >= 11 is 1.63. The molecule has 1 N–H and O–H groups in total. The Bertz CT molecular complexity index is 1280. The molecular formula is C27H26N4O2S. The van der Waals surface area contributed by atoms with Crippen LogP contribution in [0.15, 0.2) is 89.1 Å². The van der Waals surface area contributed by atoms with Gasteiger partial charge in [-0.25, -0.2) is 10.4 Å². The number of hydrogen-bond acceptors (Lipinski definition) is 5. The number of methoxy groups -OCH3 is 1. The van der Waals surface area contributed by atoms with Crippen LogP contribution in [0.4, 0.5) is 0 Å². The Balaban J connectivity index is 1.40. The van der Waals surface area contributed by atoms with Gasteiger partial charge >= 0.3 is 0 Å². The van der Waals surface area contributed by atoms with Crippen molar-refractivity contribution in [3.8, 4) is 11.4 Å². The third kappa shape index (κ3) is 5.55. The average Bonchev–Trinajstić information content (AvgIpc) is 3.21. The summed E-state index contributed by atoms with van der Waals surface area (Å²) in [5, 5.41) is 5.09. The summed E-state index contributed by atoms with van der Waals surface area (Å²) in [7, 11) is 1.66. The van der Waals surface area contributed by atoms with Gasteiger partial charge in [-0.15, -0.1) is 11.8 Å². The maximum absolute atomic E-state index is 12.5. The number of carbonyl (C=O) groups excluding carboxylic acids is 1. The molecule has 0 unspecified atom stereocenters. The van der Waals surface area contributed by atoms with Gasteiger partial charge in [-0.05, 0) is 86.1 Å². The first-order valence-electron chi connectivity index (χ1n) is 10.8. The smallest absolute Gasteiger partial charge is 0.271 e. The Labute approximate surface area is 203 Å². The molecule has 0 saturated heterocycles. The molecule has 1 amide bonds. The molecule has 34 heavy (non-hydrogen) atoms. The molecule has 0 aliphatic carbocycles.